The number of nitrogens with two attached hydrogens (primary N) is 1. The first-order valence-corrected chi connectivity index (χ1v) is 12.0. The van der Waals surface area contributed by atoms with E-state index < -0.39 is 0 Å². The van der Waals surface area contributed by atoms with Crippen molar-refractivity contribution in [2.45, 2.75) is 44.4 Å². The van der Waals surface area contributed by atoms with Gasteiger partial charge in [-0.1, -0.05) is 42.5 Å². The Balaban J connectivity index is 1.41. The highest BCUT2D eigenvalue weighted by molar-refractivity contribution is 6.00. The molecule has 180 valence electrons. The van der Waals surface area contributed by atoms with E-state index in [9.17, 15) is 4.79 Å². The number of anilines is 1. The van der Waals surface area contributed by atoms with Crippen molar-refractivity contribution < 1.29 is 9.53 Å². The summed E-state index contributed by atoms with van der Waals surface area (Å²) in [6, 6.07) is 18.5. The van der Waals surface area contributed by atoms with Crippen molar-refractivity contribution in [2.24, 2.45) is 0 Å². The molecule has 2 aromatic heterocycles. The predicted octanol–water partition coefficient (Wildman–Crippen LogP) is 4.67. The summed E-state index contributed by atoms with van der Waals surface area (Å²) in [6.07, 6.45) is 7.39. The van der Waals surface area contributed by atoms with E-state index in [1.807, 2.05) is 36.4 Å². The zero-order chi connectivity index (χ0) is 24.2. The van der Waals surface area contributed by atoms with Crippen LogP contribution in [0.3, 0.4) is 0 Å². The Hall–Kier alpha value is -4.07. The molecule has 1 fully saturated rings. The second-order valence-electron chi connectivity index (χ2n) is 8.94. The first-order valence-electron chi connectivity index (χ1n) is 12.0. The van der Waals surface area contributed by atoms with Crippen molar-refractivity contribution in [3.63, 3.8) is 0 Å². The summed E-state index contributed by atoms with van der Waals surface area (Å²) < 4.78 is 8.30. The summed E-state index contributed by atoms with van der Waals surface area (Å²) in [7, 11) is 1.64. The van der Waals surface area contributed by atoms with E-state index in [0.717, 1.165) is 59.2 Å². The molecule has 35 heavy (non-hydrogen) atoms. The summed E-state index contributed by atoms with van der Waals surface area (Å²) in [6.45, 7) is 0.505. The Bertz CT molecular complexity index is 1310. The quantitative estimate of drug-likeness (QED) is 0.380. The first-order chi connectivity index (χ1) is 17.1. The van der Waals surface area contributed by atoms with Crippen LogP contribution in [0.5, 0.6) is 5.75 Å². The molecule has 5 rings (SSSR count). The monoisotopic (exact) mass is 470 g/mol. The fourth-order valence-electron chi connectivity index (χ4n) is 4.86. The number of carbonyl (C=O) groups is 1. The van der Waals surface area contributed by atoms with Crippen molar-refractivity contribution in [2.75, 3.05) is 12.8 Å². The maximum Gasteiger partial charge on any atom is 0.314 e. The van der Waals surface area contributed by atoms with Crippen LogP contribution in [0.15, 0.2) is 67.1 Å². The van der Waals surface area contributed by atoms with Crippen LogP contribution in [-0.2, 0) is 6.61 Å². The standard InChI is InChI=1S/C27H30N6O2/c1-29-27(34)32-20-10-12-21(13-11-20)33-15-23(24-25(28)30-17-31-26(24)33)19-8-5-9-22(14-19)35-16-18-6-3-2-4-7-18/h2-9,14-15,17,20-21H,10-13,16H2,1H3,(H2,28,30,31)(H2,29,32,34). The molecule has 1 aliphatic carbocycles. The molecule has 0 saturated heterocycles. The minimum absolute atomic E-state index is 0.128. The van der Waals surface area contributed by atoms with Gasteiger partial charge in [0, 0.05) is 30.9 Å². The van der Waals surface area contributed by atoms with Crippen LogP contribution in [0.1, 0.15) is 37.3 Å². The molecule has 0 bridgehead atoms. The van der Waals surface area contributed by atoms with E-state index in [1.54, 1.807) is 7.05 Å². The van der Waals surface area contributed by atoms with Gasteiger partial charge < -0.3 is 25.7 Å². The largest absolute Gasteiger partial charge is 0.489 e. The predicted molar refractivity (Wildman–Crippen MR) is 137 cm³/mol. The number of ether oxygens (including phenoxy) is 1. The lowest BCUT2D eigenvalue weighted by atomic mass is 9.91. The Labute approximate surface area is 204 Å². The molecule has 2 amide bonds. The van der Waals surface area contributed by atoms with Crippen LogP contribution in [0.4, 0.5) is 10.6 Å². The first kappa shape index (κ1) is 22.7. The highest BCUT2D eigenvalue weighted by Gasteiger charge is 2.26. The topological polar surface area (TPSA) is 107 Å². The number of fused-ring (bicyclic) bond motifs is 1. The summed E-state index contributed by atoms with van der Waals surface area (Å²) in [5.74, 6) is 1.26. The van der Waals surface area contributed by atoms with Crippen molar-refractivity contribution in [3.8, 4) is 16.9 Å². The second-order valence-corrected chi connectivity index (χ2v) is 8.94. The minimum Gasteiger partial charge on any atom is -0.489 e. The van der Waals surface area contributed by atoms with Crippen molar-refractivity contribution in [1.29, 1.82) is 0 Å². The van der Waals surface area contributed by atoms with Gasteiger partial charge in [0.2, 0.25) is 0 Å². The zero-order valence-corrected chi connectivity index (χ0v) is 19.8. The van der Waals surface area contributed by atoms with Crippen molar-refractivity contribution >= 4 is 22.9 Å². The van der Waals surface area contributed by atoms with Crippen LogP contribution in [0.2, 0.25) is 0 Å². The number of amides is 2. The van der Waals surface area contributed by atoms with E-state index in [-0.39, 0.29) is 18.1 Å². The van der Waals surface area contributed by atoms with E-state index in [4.69, 9.17) is 10.5 Å². The Morgan fingerprint density at radius 2 is 1.89 bits per heavy atom. The highest BCUT2D eigenvalue weighted by Crippen LogP contribution is 2.38. The Morgan fingerprint density at radius 1 is 1.09 bits per heavy atom. The van der Waals surface area contributed by atoms with Gasteiger partial charge in [-0.05, 0) is 48.9 Å². The molecule has 0 unspecified atom stereocenters. The van der Waals surface area contributed by atoms with Gasteiger partial charge in [-0.3, -0.25) is 0 Å². The van der Waals surface area contributed by atoms with Crippen molar-refractivity contribution in [3.05, 3.63) is 72.7 Å². The van der Waals surface area contributed by atoms with E-state index in [0.29, 0.717) is 12.4 Å². The summed E-state index contributed by atoms with van der Waals surface area (Å²) in [4.78, 5) is 20.6. The molecule has 1 aliphatic rings. The molecular weight excluding hydrogens is 440 g/mol. The van der Waals surface area contributed by atoms with Gasteiger partial charge in [0.05, 0.1) is 5.39 Å². The van der Waals surface area contributed by atoms with Crippen molar-refractivity contribution in [1.82, 2.24) is 25.2 Å². The highest BCUT2D eigenvalue weighted by atomic mass is 16.5. The maximum atomic E-state index is 11.7. The van der Waals surface area contributed by atoms with Gasteiger partial charge in [0.1, 0.15) is 30.1 Å². The molecule has 2 heterocycles. The van der Waals surface area contributed by atoms with Crippen LogP contribution < -0.4 is 21.1 Å². The van der Waals surface area contributed by atoms with Gasteiger partial charge in [-0.15, -0.1) is 0 Å². The molecule has 8 nitrogen and oxygen atoms in total. The average Bonchev–Trinajstić information content (AvgIpc) is 3.30. The third-order valence-electron chi connectivity index (χ3n) is 6.68. The fraction of sp³-hybridized carbons (Fsp3) is 0.296. The number of nitrogen functional groups attached to an aromatic ring is 1. The number of benzene rings is 2. The minimum atomic E-state index is -0.128. The van der Waals surface area contributed by atoms with Gasteiger partial charge in [-0.2, -0.15) is 0 Å². The number of nitrogens with one attached hydrogen (secondary N) is 2. The van der Waals surface area contributed by atoms with Crippen LogP contribution >= 0.6 is 0 Å². The molecule has 1 saturated carbocycles. The van der Waals surface area contributed by atoms with Gasteiger partial charge in [0.15, 0.2) is 0 Å². The number of urea groups is 1. The maximum absolute atomic E-state index is 11.7. The third-order valence-corrected chi connectivity index (χ3v) is 6.68. The number of aromatic nitrogens is 3. The lowest BCUT2D eigenvalue weighted by molar-refractivity contribution is 0.229. The Kier molecular flexibility index (Phi) is 6.52. The van der Waals surface area contributed by atoms with Gasteiger partial charge in [-0.25, -0.2) is 14.8 Å². The number of carbonyl (C=O) groups excluding carboxylic acids is 1. The molecule has 4 aromatic rings. The zero-order valence-electron chi connectivity index (χ0n) is 19.8. The molecule has 2 aromatic carbocycles. The summed E-state index contributed by atoms with van der Waals surface area (Å²) in [5.41, 5.74) is 10.3. The lowest BCUT2D eigenvalue weighted by Crippen LogP contribution is -2.42. The SMILES string of the molecule is CNC(=O)NC1CCC(n2cc(-c3cccc(OCc4ccccc4)c3)c3c(N)ncnc32)CC1. The molecule has 0 radical (unpaired) electrons. The van der Waals surface area contributed by atoms with Crippen LogP contribution in [0, 0.1) is 0 Å². The summed E-state index contributed by atoms with van der Waals surface area (Å²) >= 11 is 0. The molecule has 8 heteroatoms. The van der Waals surface area contributed by atoms with Crippen LogP contribution in [0.25, 0.3) is 22.2 Å². The number of hydrogen-bond acceptors (Lipinski definition) is 5. The Morgan fingerprint density at radius 3 is 2.66 bits per heavy atom. The molecule has 4 N–H and O–H groups in total. The number of rotatable bonds is 6. The second kappa shape index (κ2) is 10.0. The van der Waals surface area contributed by atoms with Crippen LogP contribution in [-0.4, -0.2) is 33.7 Å². The van der Waals surface area contributed by atoms with Gasteiger partial charge in [0.25, 0.3) is 0 Å². The summed E-state index contributed by atoms with van der Waals surface area (Å²) in [5, 5.41) is 6.52. The lowest BCUT2D eigenvalue weighted by Gasteiger charge is -2.30. The average molecular weight is 471 g/mol. The molecular formula is C27H30N6O2. The fourth-order valence-corrected chi connectivity index (χ4v) is 4.86. The molecule has 0 spiro atoms. The molecule has 0 aliphatic heterocycles. The van der Waals surface area contributed by atoms with E-state index in [2.05, 4.69) is 49.6 Å². The number of hydrogen-bond donors (Lipinski definition) is 3. The normalized spacial score (nSPS) is 17.7. The van der Waals surface area contributed by atoms with E-state index >= 15 is 0 Å². The number of nitrogens with zero attached hydrogens (tertiary/aromatic N) is 3. The third kappa shape index (κ3) is 4.91. The smallest absolute Gasteiger partial charge is 0.314 e. The molecule has 0 atom stereocenters. The van der Waals surface area contributed by atoms with E-state index in [1.165, 1.54) is 6.33 Å². The van der Waals surface area contributed by atoms with Gasteiger partial charge >= 0.3 is 6.03 Å².